The molecule has 3 amide bonds. The second-order valence-electron chi connectivity index (χ2n) is 8.54. The summed E-state index contributed by atoms with van der Waals surface area (Å²) in [4.78, 5) is 44.8. The van der Waals surface area contributed by atoms with Crippen molar-refractivity contribution in [1.82, 2.24) is 14.7 Å². The van der Waals surface area contributed by atoms with Crippen LogP contribution in [0.4, 0.5) is 0 Å². The van der Waals surface area contributed by atoms with Crippen molar-refractivity contribution in [1.29, 1.82) is 0 Å². The summed E-state index contributed by atoms with van der Waals surface area (Å²) < 4.78 is 0. The number of hydrogen-bond acceptors (Lipinski definition) is 3. The van der Waals surface area contributed by atoms with Crippen molar-refractivity contribution in [3.05, 3.63) is 70.7 Å². The van der Waals surface area contributed by atoms with Gasteiger partial charge in [0.2, 0.25) is 11.8 Å². The molecule has 0 unspecified atom stereocenters. The summed E-state index contributed by atoms with van der Waals surface area (Å²) in [7, 11) is 1.78. The Labute approximate surface area is 193 Å². The smallest absolute Gasteiger partial charge is 0.254 e. The Kier molecular flexibility index (Phi) is 6.80. The van der Waals surface area contributed by atoms with Gasteiger partial charge in [-0.2, -0.15) is 0 Å². The summed E-state index contributed by atoms with van der Waals surface area (Å²) in [5, 5.41) is 0.490. The molecule has 0 bridgehead atoms. The molecule has 7 heteroatoms. The lowest BCUT2D eigenvalue weighted by molar-refractivity contribution is -0.145. The van der Waals surface area contributed by atoms with Gasteiger partial charge in [0.05, 0.1) is 0 Å². The Bertz CT molecular complexity index is 997. The third-order valence-electron chi connectivity index (χ3n) is 6.33. The molecule has 168 valence electrons. The Morgan fingerprint density at radius 1 is 0.938 bits per heavy atom. The molecular weight excluding hydrogens is 426 g/mol. The van der Waals surface area contributed by atoms with Gasteiger partial charge in [0.15, 0.2) is 0 Å². The average Bonchev–Trinajstić information content (AvgIpc) is 3.48. The lowest BCUT2D eigenvalue weighted by Crippen LogP contribution is -2.53. The summed E-state index contributed by atoms with van der Waals surface area (Å²) in [6, 6.07) is 15.6. The number of amides is 3. The van der Waals surface area contributed by atoms with Crippen LogP contribution in [0.15, 0.2) is 54.6 Å². The van der Waals surface area contributed by atoms with Gasteiger partial charge >= 0.3 is 0 Å². The summed E-state index contributed by atoms with van der Waals surface area (Å²) in [5.74, 6) is -0.362. The number of carbonyl (C=O) groups is 3. The van der Waals surface area contributed by atoms with Crippen molar-refractivity contribution in [3.63, 3.8) is 0 Å². The first-order valence-electron chi connectivity index (χ1n) is 11.1. The monoisotopic (exact) mass is 453 g/mol. The topological polar surface area (TPSA) is 60.9 Å². The zero-order chi connectivity index (χ0) is 22.7. The van der Waals surface area contributed by atoms with Crippen LogP contribution in [0.5, 0.6) is 0 Å². The number of benzene rings is 2. The van der Waals surface area contributed by atoms with E-state index in [1.54, 1.807) is 46.0 Å². The van der Waals surface area contributed by atoms with Gasteiger partial charge < -0.3 is 14.7 Å². The Morgan fingerprint density at radius 2 is 1.62 bits per heavy atom. The fraction of sp³-hybridized carbons (Fsp3) is 0.400. The third-order valence-corrected chi connectivity index (χ3v) is 6.57. The molecule has 0 N–H and O–H groups in total. The van der Waals surface area contributed by atoms with Crippen molar-refractivity contribution in [2.75, 3.05) is 20.1 Å². The fourth-order valence-electron chi connectivity index (χ4n) is 4.72. The van der Waals surface area contributed by atoms with E-state index >= 15 is 0 Å². The summed E-state index contributed by atoms with van der Waals surface area (Å²) >= 11 is 6.05. The third kappa shape index (κ3) is 4.65. The van der Waals surface area contributed by atoms with Crippen LogP contribution in [0.25, 0.3) is 0 Å². The van der Waals surface area contributed by atoms with E-state index in [4.69, 9.17) is 11.6 Å². The Hall–Kier alpha value is -2.86. The molecule has 2 aromatic rings. The largest absolute Gasteiger partial charge is 0.340 e. The molecule has 2 aliphatic rings. The second-order valence-corrected chi connectivity index (χ2v) is 8.97. The molecule has 2 aromatic carbocycles. The number of likely N-dealkylation sites (N-methyl/N-ethyl adjacent to an activating group) is 1. The van der Waals surface area contributed by atoms with E-state index in [0.29, 0.717) is 43.1 Å². The SMILES string of the molecule is CN(Cc1ccccc1)C(=O)[C@@H]1CCCN1C(=O)[C@@H]1CCCN1C(=O)c1cccc(Cl)c1. The molecule has 0 saturated carbocycles. The summed E-state index contributed by atoms with van der Waals surface area (Å²) in [5.41, 5.74) is 1.53. The van der Waals surface area contributed by atoms with Crippen LogP contribution in [-0.4, -0.2) is 64.6 Å². The van der Waals surface area contributed by atoms with Crippen LogP contribution in [0, 0.1) is 0 Å². The van der Waals surface area contributed by atoms with Crippen molar-refractivity contribution in [2.24, 2.45) is 0 Å². The van der Waals surface area contributed by atoms with Crippen molar-refractivity contribution in [2.45, 2.75) is 44.3 Å². The number of nitrogens with zero attached hydrogens (tertiary/aromatic N) is 3. The minimum absolute atomic E-state index is 0.0505. The minimum atomic E-state index is -0.533. The normalized spacial score (nSPS) is 20.4. The predicted molar refractivity (Wildman–Crippen MR) is 123 cm³/mol. The van der Waals surface area contributed by atoms with Crippen LogP contribution in [0.2, 0.25) is 5.02 Å². The zero-order valence-electron chi connectivity index (χ0n) is 18.2. The number of likely N-dealkylation sites (tertiary alicyclic amines) is 2. The molecule has 0 aromatic heterocycles. The maximum absolute atomic E-state index is 13.5. The lowest BCUT2D eigenvalue weighted by Gasteiger charge is -2.32. The first kappa shape index (κ1) is 22.3. The fourth-order valence-corrected chi connectivity index (χ4v) is 4.91. The predicted octanol–water partition coefficient (Wildman–Crippen LogP) is 3.59. The highest BCUT2D eigenvalue weighted by atomic mass is 35.5. The minimum Gasteiger partial charge on any atom is -0.340 e. The van der Waals surface area contributed by atoms with Gasteiger partial charge in [0.25, 0.3) is 5.91 Å². The van der Waals surface area contributed by atoms with E-state index < -0.39 is 12.1 Å². The van der Waals surface area contributed by atoms with E-state index in [1.165, 1.54) is 0 Å². The van der Waals surface area contributed by atoms with Crippen LogP contribution in [0.1, 0.15) is 41.6 Å². The van der Waals surface area contributed by atoms with Crippen LogP contribution >= 0.6 is 11.6 Å². The van der Waals surface area contributed by atoms with Gasteiger partial charge in [0.1, 0.15) is 12.1 Å². The molecule has 6 nitrogen and oxygen atoms in total. The first-order chi connectivity index (χ1) is 15.5. The highest BCUT2D eigenvalue weighted by Gasteiger charge is 2.42. The van der Waals surface area contributed by atoms with Crippen LogP contribution in [0.3, 0.4) is 0 Å². The molecular formula is C25H28ClN3O3. The number of rotatable bonds is 5. The molecule has 2 aliphatic heterocycles. The van der Waals surface area contributed by atoms with Gasteiger partial charge in [-0.15, -0.1) is 0 Å². The van der Waals surface area contributed by atoms with Crippen molar-refractivity contribution in [3.8, 4) is 0 Å². The van der Waals surface area contributed by atoms with Crippen molar-refractivity contribution >= 4 is 29.3 Å². The maximum Gasteiger partial charge on any atom is 0.254 e. The van der Waals surface area contributed by atoms with Gasteiger partial charge in [-0.3, -0.25) is 14.4 Å². The maximum atomic E-state index is 13.5. The van der Waals surface area contributed by atoms with E-state index in [9.17, 15) is 14.4 Å². The Morgan fingerprint density at radius 3 is 2.34 bits per heavy atom. The highest BCUT2D eigenvalue weighted by molar-refractivity contribution is 6.31. The molecule has 32 heavy (non-hydrogen) atoms. The van der Waals surface area contributed by atoms with Crippen LogP contribution < -0.4 is 0 Å². The second kappa shape index (κ2) is 9.74. The molecule has 0 aliphatic carbocycles. The van der Waals surface area contributed by atoms with Gasteiger partial charge in [0, 0.05) is 37.3 Å². The summed E-state index contributed by atoms with van der Waals surface area (Å²) in [6.07, 6.45) is 2.82. The molecule has 2 saturated heterocycles. The summed E-state index contributed by atoms with van der Waals surface area (Å²) in [6.45, 7) is 1.58. The van der Waals surface area contributed by atoms with E-state index in [1.807, 2.05) is 30.3 Å². The Balaban J connectivity index is 1.46. The number of halogens is 1. The van der Waals surface area contributed by atoms with Gasteiger partial charge in [-0.25, -0.2) is 0 Å². The zero-order valence-corrected chi connectivity index (χ0v) is 19.0. The van der Waals surface area contributed by atoms with Gasteiger partial charge in [-0.1, -0.05) is 48.0 Å². The molecule has 2 fully saturated rings. The number of hydrogen-bond donors (Lipinski definition) is 0. The highest BCUT2D eigenvalue weighted by Crippen LogP contribution is 2.27. The molecule has 0 radical (unpaired) electrons. The first-order valence-corrected chi connectivity index (χ1v) is 11.5. The lowest BCUT2D eigenvalue weighted by atomic mass is 10.1. The van der Waals surface area contributed by atoms with Crippen molar-refractivity contribution < 1.29 is 14.4 Å². The van der Waals surface area contributed by atoms with E-state index in [0.717, 1.165) is 18.4 Å². The molecule has 2 heterocycles. The molecule has 2 atom stereocenters. The number of carbonyl (C=O) groups excluding carboxylic acids is 3. The van der Waals surface area contributed by atoms with Gasteiger partial charge in [-0.05, 0) is 49.4 Å². The quantitative estimate of drug-likeness (QED) is 0.695. The molecule has 4 rings (SSSR count). The van der Waals surface area contributed by atoms with E-state index in [-0.39, 0.29) is 17.7 Å². The van der Waals surface area contributed by atoms with Crippen LogP contribution in [-0.2, 0) is 16.1 Å². The average molecular weight is 454 g/mol. The standard InChI is InChI=1S/C25H28ClN3O3/c1-27(17-18-8-3-2-4-9-18)24(31)21-12-6-15-29(21)25(32)22-13-7-14-28(22)23(30)19-10-5-11-20(26)16-19/h2-5,8-11,16,21-22H,6-7,12-15,17H2,1H3/t21-,22-/m0/s1. The molecule has 0 spiro atoms. The van der Waals surface area contributed by atoms with E-state index in [2.05, 4.69) is 0 Å².